The Morgan fingerprint density at radius 3 is 2.17 bits per heavy atom. The van der Waals surface area contributed by atoms with Crippen LogP contribution in [0.1, 0.15) is 22.6 Å². The normalized spacial score (nSPS) is 15.7. The summed E-state index contributed by atoms with van der Waals surface area (Å²) in [5, 5.41) is 8.00. The smallest absolute Gasteiger partial charge is 0.196 e. The van der Waals surface area contributed by atoms with Gasteiger partial charge in [0, 0.05) is 27.0 Å². The SMILES string of the molecule is C=C(Sc1ccc(-c2ccc3c(c2)C2C=CC=CC2N3c2nc(-c3cccc4ccccc34)nc3c2oc2ccc4ccccc4c23)cc1C)c1cccc2ccccc12. The number of hydrogen-bond donors (Lipinski definition) is 0. The number of hydrogen-bond acceptors (Lipinski definition) is 5. The Morgan fingerprint density at radius 2 is 1.33 bits per heavy atom. The molecule has 10 aromatic rings. The first-order valence-corrected chi connectivity index (χ1v) is 21.2. The van der Waals surface area contributed by atoms with Gasteiger partial charge in [-0.15, -0.1) is 0 Å². The van der Waals surface area contributed by atoms with Crippen LogP contribution >= 0.6 is 11.8 Å². The van der Waals surface area contributed by atoms with Crippen molar-refractivity contribution in [1.82, 2.24) is 9.97 Å². The predicted octanol–water partition coefficient (Wildman–Crippen LogP) is 15.0. The summed E-state index contributed by atoms with van der Waals surface area (Å²) < 4.78 is 6.85. The number of anilines is 2. The fourth-order valence-electron chi connectivity index (χ4n) is 9.46. The van der Waals surface area contributed by atoms with E-state index < -0.39 is 0 Å². The molecule has 284 valence electrons. The van der Waals surface area contributed by atoms with Gasteiger partial charge < -0.3 is 9.32 Å². The quantitative estimate of drug-likeness (QED) is 0.157. The fraction of sp³-hybridized carbons (Fsp3) is 0.0545. The molecule has 8 aromatic carbocycles. The van der Waals surface area contributed by atoms with Crippen molar-refractivity contribution >= 4 is 82.6 Å². The number of aryl methyl sites for hydroxylation is 1. The van der Waals surface area contributed by atoms with Crippen LogP contribution in [0.2, 0.25) is 0 Å². The van der Waals surface area contributed by atoms with Gasteiger partial charge in [-0.2, -0.15) is 0 Å². The number of allylic oxidation sites excluding steroid dienone is 2. The zero-order chi connectivity index (χ0) is 39.9. The summed E-state index contributed by atoms with van der Waals surface area (Å²) in [7, 11) is 0. The zero-order valence-corrected chi connectivity index (χ0v) is 33.7. The fourth-order valence-corrected chi connectivity index (χ4v) is 10.4. The molecule has 4 nitrogen and oxygen atoms in total. The van der Waals surface area contributed by atoms with E-state index in [1.165, 1.54) is 43.5 Å². The minimum Gasteiger partial charge on any atom is -0.450 e. The molecule has 1 aliphatic heterocycles. The molecule has 2 aromatic heterocycles. The Hall–Kier alpha value is -7.21. The van der Waals surface area contributed by atoms with Crippen LogP contribution in [-0.2, 0) is 0 Å². The first kappa shape index (κ1) is 34.8. The van der Waals surface area contributed by atoms with E-state index in [0.29, 0.717) is 11.4 Å². The molecule has 3 heterocycles. The summed E-state index contributed by atoms with van der Waals surface area (Å²) in [5.41, 5.74) is 10.5. The van der Waals surface area contributed by atoms with Crippen molar-refractivity contribution in [3.8, 4) is 22.5 Å². The van der Waals surface area contributed by atoms with Crippen molar-refractivity contribution in [2.24, 2.45) is 0 Å². The van der Waals surface area contributed by atoms with Crippen LogP contribution < -0.4 is 4.90 Å². The molecule has 0 bridgehead atoms. The molecular weight excluding hydrogens is 751 g/mol. The maximum absolute atomic E-state index is 6.85. The minimum atomic E-state index is 0.00395. The van der Waals surface area contributed by atoms with E-state index in [4.69, 9.17) is 14.4 Å². The maximum atomic E-state index is 6.85. The molecule has 2 atom stereocenters. The van der Waals surface area contributed by atoms with Crippen LogP contribution in [0.15, 0.2) is 198 Å². The Labute approximate surface area is 351 Å². The van der Waals surface area contributed by atoms with Crippen LogP contribution in [-0.4, -0.2) is 16.0 Å². The summed E-state index contributed by atoms with van der Waals surface area (Å²) >= 11 is 1.74. The van der Waals surface area contributed by atoms with Gasteiger partial charge in [0.1, 0.15) is 11.1 Å². The third-order valence-corrected chi connectivity index (χ3v) is 13.5. The van der Waals surface area contributed by atoms with E-state index in [1.807, 2.05) is 0 Å². The van der Waals surface area contributed by atoms with Crippen molar-refractivity contribution < 1.29 is 4.42 Å². The standard InChI is InChI=1S/C55H37N3OS/c1-33-31-38(27-30-50(33)60-34(2)40-22-11-16-35-13-3-6-18-41(35)40)39-25-28-48-46(32-39)44-21-9-10-24-47(44)58(48)55-53-52(51-43-20-8-5-15-37(43)26-29-49(51)59-53)56-54(57-55)45-23-12-17-36-14-4-7-19-42(36)45/h3-32,44,47H,2H2,1H3. The molecule has 60 heavy (non-hydrogen) atoms. The second-order valence-corrected chi connectivity index (χ2v) is 16.9. The molecule has 1 aliphatic carbocycles. The van der Waals surface area contributed by atoms with Gasteiger partial charge in [0.05, 0.1) is 11.4 Å². The molecule has 0 saturated heterocycles. The van der Waals surface area contributed by atoms with Crippen LogP contribution in [0.3, 0.4) is 0 Å². The van der Waals surface area contributed by atoms with Crippen molar-refractivity contribution in [3.05, 3.63) is 205 Å². The Balaban J connectivity index is 0.985. The van der Waals surface area contributed by atoms with E-state index in [-0.39, 0.29) is 12.0 Å². The van der Waals surface area contributed by atoms with Gasteiger partial charge in [-0.1, -0.05) is 176 Å². The van der Waals surface area contributed by atoms with Gasteiger partial charge >= 0.3 is 0 Å². The highest BCUT2D eigenvalue weighted by molar-refractivity contribution is 8.08. The summed E-state index contributed by atoms with van der Waals surface area (Å²) in [6, 6.07) is 56.2. The lowest BCUT2D eigenvalue weighted by molar-refractivity contribution is 0.659. The molecule has 0 saturated carbocycles. The van der Waals surface area contributed by atoms with E-state index in [9.17, 15) is 0 Å². The first-order valence-electron chi connectivity index (χ1n) is 20.4. The zero-order valence-electron chi connectivity index (χ0n) is 32.8. The number of thioether (sulfide) groups is 1. The monoisotopic (exact) mass is 787 g/mol. The van der Waals surface area contributed by atoms with E-state index in [2.05, 4.69) is 200 Å². The van der Waals surface area contributed by atoms with Gasteiger partial charge in [-0.05, 0) is 91.3 Å². The Morgan fingerprint density at radius 1 is 0.650 bits per heavy atom. The van der Waals surface area contributed by atoms with Gasteiger partial charge in [0.25, 0.3) is 0 Å². The van der Waals surface area contributed by atoms with Gasteiger partial charge in [0.2, 0.25) is 0 Å². The summed E-state index contributed by atoms with van der Waals surface area (Å²) in [6.45, 7) is 6.71. The molecule has 0 spiro atoms. The highest BCUT2D eigenvalue weighted by Crippen LogP contribution is 2.51. The van der Waals surface area contributed by atoms with Crippen LogP contribution in [0.25, 0.3) is 81.8 Å². The lowest BCUT2D eigenvalue weighted by Gasteiger charge is -2.27. The molecule has 0 N–H and O–H groups in total. The molecule has 2 unspecified atom stereocenters. The summed E-state index contributed by atoms with van der Waals surface area (Å²) in [5.74, 6) is 1.58. The van der Waals surface area contributed by atoms with Gasteiger partial charge in [-0.3, -0.25) is 0 Å². The second-order valence-electron chi connectivity index (χ2n) is 15.8. The van der Waals surface area contributed by atoms with Crippen molar-refractivity contribution in [2.75, 3.05) is 4.90 Å². The van der Waals surface area contributed by atoms with Crippen LogP contribution in [0, 0.1) is 6.92 Å². The average molecular weight is 788 g/mol. The second kappa shape index (κ2) is 13.7. The van der Waals surface area contributed by atoms with E-state index in [1.54, 1.807) is 11.8 Å². The Bertz CT molecular complexity index is 3480. The van der Waals surface area contributed by atoms with E-state index >= 15 is 0 Å². The van der Waals surface area contributed by atoms with E-state index in [0.717, 1.165) is 60.0 Å². The maximum Gasteiger partial charge on any atom is 0.196 e. The van der Waals surface area contributed by atoms with Gasteiger partial charge in [0.15, 0.2) is 17.2 Å². The number of nitrogens with zero attached hydrogens (tertiary/aromatic N) is 3. The lowest BCUT2D eigenvalue weighted by atomic mass is 9.89. The molecular formula is C55H37N3OS. The van der Waals surface area contributed by atoms with Crippen molar-refractivity contribution in [1.29, 1.82) is 0 Å². The van der Waals surface area contributed by atoms with Crippen LogP contribution in [0.4, 0.5) is 11.5 Å². The largest absolute Gasteiger partial charge is 0.450 e. The predicted molar refractivity (Wildman–Crippen MR) is 252 cm³/mol. The van der Waals surface area contributed by atoms with Gasteiger partial charge in [-0.25, -0.2) is 9.97 Å². The Kier molecular flexibility index (Phi) is 7.94. The molecule has 2 aliphatic rings. The number of fused-ring (bicyclic) bond motifs is 10. The van der Waals surface area contributed by atoms with Crippen molar-refractivity contribution in [3.63, 3.8) is 0 Å². The third-order valence-electron chi connectivity index (χ3n) is 12.3. The summed E-state index contributed by atoms with van der Waals surface area (Å²) in [4.78, 5) is 15.5. The van der Waals surface area contributed by atoms with Crippen molar-refractivity contribution in [2.45, 2.75) is 23.8 Å². The molecule has 12 rings (SSSR count). The topological polar surface area (TPSA) is 42.2 Å². The number of rotatable bonds is 6. The molecule has 0 fully saturated rings. The number of benzene rings is 8. The third kappa shape index (κ3) is 5.46. The van der Waals surface area contributed by atoms with Crippen LogP contribution in [0.5, 0.6) is 0 Å². The first-order chi connectivity index (χ1) is 29.6. The number of furan rings is 1. The summed E-state index contributed by atoms with van der Waals surface area (Å²) in [6.07, 6.45) is 8.95. The highest BCUT2D eigenvalue weighted by atomic mass is 32.2. The highest BCUT2D eigenvalue weighted by Gasteiger charge is 2.40. The molecule has 0 amide bonds. The average Bonchev–Trinajstić information content (AvgIpc) is 3.85. The molecule has 5 heteroatoms. The number of aromatic nitrogens is 2. The molecule has 0 radical (unpaired) electrons. The lowest BCUT2D eigenvalue weighted by Crippen LogP contribution is -2.29. The minimum absolute atomic E-state index is 0.00395.